The van der Waals surface area contributed by atoms with Crippen LogP contribution < -0.4 is 15.8 Å². The van der Waals surface area contributed by atoms with Gasteiger partial charge in [-0.05, 0) is 78.3 Å². The number of aryl methyl sites for hydroxylation is 1. The molecule has 4 aromatic rings. The fourth-order valence-electron chi connectivity index (χ4n) is 4.10. The number of amides is 2. The topological polar surface area (TPSA) is 98.1 Å². The zero-order chi connectivity index (χ0) is 23.8. The van der Waals surface area contributed by atoms with Gasteiger partial charge in [-0.15, -0.1) is 0 Å². The molecule has 1 aliphatic heterocycles. The lowest BCUT2D eigenvalue weighted by Gasteiger charge is -2.30. The van der Waals surface area contributed by atoms with E-state index in [2.05, 4.69) is 15.3 Å². The Kier molecular flexibility index (Phi) is 5.77. The molecule has 0 aliphatic carbocycles. The van der Waals surface area contributed by atoms with Gasteiger partial charge in [0.2, 0.25) is 5.91 Å². The summed E-state index contributed by atoms with van der Waals surface area (Å²) in [6, 6.07) is 17.7. The van der Waals surface area contributed by atoms with Crippen LogP contribution in [-0.4, -0.2) is 21.8 Å². The monoisotopic (exact) mass is 490 g/mol. The molecule has 0 spiro atoms. The van der Waals surface area contributed by atoms with E-state index in [1.54, 1.807) is 41.3 Å². The van der Waals surface area contributed by atoms with Gasteiger partial charge in [-0.2, -0.15) is 0 Å². The second-order valence-electron chi connectivity index (χ2n) is 8.07. The number of carbonyl (C=O) groups is 2. The van der Waals surface area contributed by atoms with E-state index < -0.39 is 0 Å². The summed E-state index contributed by atoms with van der Waals surface area (Å²) in [5, 5.41) is 3.97. The fourth-order valence-corrected chi connectivity index (χ4v) is 4.43. The number of nitrogens with one attached hydrogen (secondary N) is 3. The Balaban J connectivity index is 1.39. The number of rotatable bonds is 4. The van der Waals surface area contributed by atoms with Gasteiger partial charge < -0.3 is 15.2 Å². The number of aromatic nitrogens is 2. The average Bonchev–Trinajstić information content (AvgIpc) is 2.81. The van der Waals surface area contributed by atoms with Gasteiger partial charge in [0.15, 0.2) is 4.77 Å². The number of carbonyl (C=O) groups excluding carboxylic acids is 2. The number of halogens is 1. The Morgan fingerprint density at radius 1 is 1.00 bits per heavy atom. The molecule has 2 amide bonds. The molecule has 0 atom stereocenters. The summed E-state index contributed by atoms with van der Waals surface area (Å²) in [6.07, 6.45) is 1.00. The van der Waals surface area contributed by atoms with Gasteiger partial charge in [-0.1, -0.05) is 23.7 Å². The molecule has 0 unspecified atom stereocenters. The molecule has 170 valence electrons. The fraction of sp³-hybridized carbons (Fsp3) is 0.120. The van der Waals surface area contributed by atoms with Crippen molar-refractivity contribution in [2.45, 2.75) is 19.4 Å². The summed E-state index contributed by atoms with van der Waals surface area (Å²) in [5.74, 6) is -0.255. The summed E-state index contributed by atoms with van der Waals surface area (Å²) in [5.41, 5.74) is 4.00. The third-order valence-corrected chi connectivity index (χ3v) is 6.25. The highest BCUT2D eigenvalue weighted by molar-refractivity contribution is 7.71. The number of nitrogens with zero attached hydrogens (tertiary/aromatic N) is 1. The second-order valence-corrected chi connectivity index (χ2v) is 8.92. The molecule has 0 radical (unpaired) electrons. The summed E-state index contributed by atoms with van der Waals surface area (Å²) in [7, 11) is 0. The van der Waals surface area contributed by atoms with Gasteiger partial charge in [-0.3, -0.25) is 19.4 Å². The lowest BCUT2D eigenvalue weighted by molar-refractivity contribution is -0.119. The van der Waals surface area contributed by atoms with E-state index in [-0.39, 0.29) is 22.1 Å². The number of aromatic amines is 2. The van der Waals surface area contributed by atoms with Crippen molar-refractivity contribution in [3.63, 3.8) is 0 Å². The molecular weight excluding hydrogens is 472 g/mol. The maximum absolute atomic E-state index is 12.9. The van der Waals surface area contributed by atoms with Crippen molar-refractivity contribution in [3.05, 3.63) is 97.5 Å². The lowest BCUT2D eigenvalue weighted by Crippen LogP contribution is -2.34. The van der Waals surface area contributed by atoms with Crippen molar-refractivity contribution in [1.29, 1.82) is 0 Å². The Morgan fingerprint density at radius 3 is 2.59 bits per heavy atom. The molecule has 0 bridgehead atoms. The predicted molar refractivity (Wildman–Crippen MR) is 135 cm³/mol. The largest absolute Gasteiger partial charge is 0.332 e. The van der Waals surface area contributed by atoms with Gasteiger partial charge in [0.05, 0.1) is 17.4 Å². The van der Waals surface area contributed by atoms with E-state index in [4.69, 9.17) is 23.8 Å². The minimum atomic E-state index is -0.314. The van der Waals surface area contributed by atoms with Crippen LogP contribution in [0.3, 0.4) is 0 Å². The molecule has 0 fully saturated rings. The summed E-state index contributed by atoms with van der Waals surface area (Å²) < 4.78 is 0.197. The number of hydrogen-bond acceptors (Lipinski definition) is 4. The first-order valence-corrected chi connectivity index (χ1v) is 11.4. The minimum Gasteiger partial charge on any atom is -0.332 e. The number of H-pyrrole nitrogens is 2. The van der Waals surface area contributed by atoms with Crippen LogP contribution in [0.4, 0.5) is 11.4 Å². The van der Waals surface area contributed by atoms with Crippen molar-refractivity contribution in [1.82, 2.24) is 9.97 Å². The third-order valence-electron chi connectivity index (χ3n) is 5.79. The van der Waals surface area contributed by atoms with Crippen LogP contribution in [0.15, 0.2) is 65.5 Å². The zero-order valence-electron chi connectivity index (χ0n) is 17.9. The van der Waals surface area contributed by atoms with Crippen LogP contribution in [0.5, 0.6) is 0 Å². The standard InChI is InChI=1S/C25H19ClN4O3S/c26-17-5-1-14(2-6-17)13-30-21-9-7-18(11-15(21)4-10-22(30)31)27-23(32)16-3-8-19-20(12-16)28-25(34)29-24(19)33/h1-3,5-9,11-12H,4,10,13H2,(H,27,32)(H2,28,29,33,34). The maximum Gasteiger partial charge on any atom is 0.259 e. The molecule has 7 nitrogen and oxygen atoms in total. The van der Waals surface area contributed by atoms with E-state index >= 15 is 0 Å². The van der Waals surface area contributed by atoms with Gasteiger partial charge in [-0.25, -0.2) is 0 Å². The molecule has 1 aliphatic rings. The predicted octanol–water partition coefficient (Wildman–Crippen LogP) is 4.97. The highest BCUT2D eigenvalue weighted by atomic mass is 35.5. The van der Waals surface area contributed by atoms with Crippen molar-refractivity contribution in [2.75, 3.05) is 10.2 Å². The summed E-state index contributed by atoms with van der Waals surface area (Å²) in [6.45, 7) is 0.451. The average molecular weight is 491 g/mol. The molecular formula is C25H19ClN4O3S. The Hall–Kier alpha value is -3.75. The van der Waals surface area contributed by atoms with Crippen LogP contribution in [0.2, 0.25) is 5.02 Å². The third kappa shape index (κ3) is 4.37. The van der Waals surface area contributed by atoms with Gasteiger partial charge >= 0.3 is 0 Å². The first-order chi connectivity index (χ1) is 16.4. The summed E-state index contributed by atoms with van der Waals surface area (Å²) >= 11 is 11.0. The van der Waals surface area contributed by atoms with E-state index in [1.165, 1.54) is 0 Å². The van der Waals surface area contributed by atoms with Gasteiger partial charge in [0.25, 0.3) is 11.5 Å². The molecule has 0 saturated carbocycles. The molecule has 5 rings (SSSR count). The van der Waals surface area contributed by atoms with Crippen LogP contribution >= 0.6 is 23.8 Å². The van der Waals surface area contributed by atoms with Crippen LogP contribution in [-0.2, 0) is 17.8 Å². The number of anilines is 2. The van der Waals surface area contributed by atoms with Crippen molar-refractivity contribution < 1.29 is 9.59 Å². The van der Waals surface area contributed by atoms with E-state index in [9.17, 15) is 14.4 Å². The molecule has 3 N–H and O–H groups in total. The van der Waals surface area contributed by atoms with Crippen LogP contribution in [0, 0.1) is 4.77 Å². The van der Waals surface area contributed by atoms with Crippen molar-refractivity contribution in [2.24, 2.45) is 0 Å². The first-order valence-electron chi connectivity index (χ1n) is 10.6. The van der Waals surface area contributed by atoms with Crippen LogP contribution in [0.1, 0.15) is 27.9 Å². The molecule has 0 saturated heterocycles. The Bertz CT molecular complexity index is 1560. The Labute approximate surface area is 204 Å². The minimum absolute atomic E-state index is 0.0581. The van der Waals surface area contributed by atoms with Crippen molar-refractivity contribution >= 4 is 57.9 Å². The van der Waals surface area contributed by atoms with Crippen molar-refractivity contribution in [3.8, 4) is 0 Å². The smallest absolute Gasteiger partial charge is 0.259 e. The van der Waals surface area contributed by atoms with Gasteiger partial charge in [0, 0.05) is 28.4 Å². The molecule has 34 heavy (non-hydrogen) atoms. The highest BCUT2D eigenvalue weighted by Gasteiger charge is 2.24. The number of benzene rings is 3. The zero-order valence-corrected chi connectivity index (χ0v) is 19.4. The Morgan fingerprint density at radius 2 is 1.79 bits per heavy atom. The molecule has 3 aromatic carbocycles. The lowest BCUT2D eigenvalue weighted by atomic mass is 9.99. The number of fused-ring (bicyclic) bond motifs is 2. The first kappa shape index (κ1) is 22.1. The van der Waals surface area contributed by atoms with E-state index in [1.807, 2.05) is 24.3 Å². The molecule has 2 heterocycles. The normalized spacial score (nSPS) is 13.1. The maximum atomic E-state index is 12.9. The second kappa shape index (κ2) is 8.89. The quantitative estimate of drug-likeness (QED) is 0.352. The van der Waals surface area contributed by atoms with E-state index in [0.29, 0.717) is 46.6 Å². The van der Waals surface area contributed by atoms with E-state index in [0.717, 1.165) is 16.8 Å². The highest BCUT2D eigenvalue weighted by Crippen LogP contribution is 2.32. The summed E-state index contributed by atoms with van der Waals surface area (Å²) in [4.78, 5) is 44.7. The van der Waals surface area contributed by atoms with Crippen LogP contribution in [0.25, 0.3) is 10.9 Å². The SMILES string of the molecule is O=C(Nc1ccc2c(c1)CCC(=O)N2Cc1ccc(Cl)cc1)c1ccc2c(=O)[nH]c(=S)[nH]c2c1. The number of hydrogen-bond donors (Lipinski definition) is 3. The molecule has 9 heteroatoms. The molecule has 1 aromatic heterocycles. The van der Waals surface area contributed by atoms with Gasteiger partial charge in [0.1, 0.15) is 0 Å².